The molecule has 0 aromatic heterocycles. The largest absolute Gasteiger partial charge is 0.388 e. The van der Waals surface area contributed by atoms with Crippen molar-refractivity contribution in [3.8, 4) is 0 Å². The Labute approximate surface area is 105 Å². The highest BCUT2D eigenvalue weighted by molar-refractivity contribution is 5.41. The van der Waals surface area contributed by atoms with Gasteiger partial charge in [-0.05, 0) is 60.3 Å². The van der Waals surface area contributed by atoms with Gasteiger partial charge in [-0.25, -0.2) is 0 Å². The van der Waals surface area contributed by atoms with Crippen LogP contribution in [0.25, 0.3) is 0 Å². The van der Waals surface area contributed by atoms with E-state index in [0.717, 1.165) is 19.3 Å². The SMILES string of the molecule is CCc1cc(CC)c(C(O)C2CC2)c(CC)c1. The van der Waals surface area contributed by atoms with Gasteiger partial charge in [0.15, 0.2) is 0 Å². The lowest BCUT2D eigenvalue weighted by Crippen LogP contribution is -2.09. The number of benzene rings is 1. The Balaban J connectivity index is 2.45. The van der Waals surface area contributed by atoms with Crippen LogP contribution in [0.5, 0.6) is 0 Å². The molecule has 1 nitrogen and oxygen atoms in total. The first-order valence-electron chi connectivity index (χ1n) is 7.03. The highest BCUT2D eigenvalue weighted by atomic mass is 16.3. The molecular formula is C16H24O. The van der Waals surface area contributed by atoms with E-state index >= 15 is 0 Å². The topological polar surface area (TPSA) is 20.2 Å². The van der Waals surface area contributed by atoms with E-state index in [1.807, 2.05) is 0 Å². The van der Waals surface area contributed by atoms with E-state index in [1.165, 1.54) is 35.1 Å². The average molecular weight is 232 g/mol. The summed E-state index contributed by atoms with van der Waals surface area (Å²) in [4.78, 5) is 0. The average Bonchev–Trinajstić information content (AvgIpc) is 3.20. The third kappa shape index (κ3) is 2.55. The van der Waals surface area contributed by atoms with Gasteiger partial charge in [0.2, 0.25) is 0 Å². The molecule has 1 atom stereocenters. The van der Waals surface area contributed by atoms with Gasteiger partial charge in [-0.2, -0.15) is 0 Å². The normalized spacial score (nSPS) is 17.2. The zero-order valence-electron chi connectivity index (χ0n) is 11.3. The minimum absolute atomic E-state index is 0.217. The molecule has 1 aliphatic carbocycles. The first-order valence-corrected chi connectivity index (χ1v) is 7.03. The smallest absolute Gasteiger partial charge is 0.0823 e. The number of hydrogen-bond acceptors (Lipinski definition) is 1. The Morgan fingerprint density at radius 2 is 1.59 bits per heavy atom. The fraction of sp³-hybridized carbons (Fsp3) is 0.625. The maximum Gasteiger partial charge on any atom is 0.0823 e. The van der Waals surface area contributed by atoms with Crippen LogP contribution >= 0.6 is 0 Å². The van der Waals surface area contributed by atoms with Gasteiger partial charge >= 0.3 is 0 Å². The number of rotatable bonds is 5. The Bertz CT molecular complexity index is 366. The van der Waals surface area contributed by atoms with E-state index in [9.17, 15) is 5.11 Å². The molecule has 0 heterocycles. The fourth-order valence-corrected chi connectivity index (χ4v) is 2.67. The molecule has 1 aliphatic rings. The molecule has 1 fully saturated rings. The first kappa shape index (κ1) is 12.6. The van der Waals surface area contributed by atoms with Crippen molar-refractivity contribution in [3.63, 3.8) is 0 Å². The summed E-state index contributed by atoms with van der Waals surface area (Å²) in [6.07, 6.45) is 5.32. The van der Waals surface area contributed by atoms with Crippen LogP contribution in [0.2, 0.25) is 0 Å². The molecule has 0 radical (unpaired) electrons. The number of aliphatic hydroxyl groups excluding tert-OH is 1. The molecule has 0 bridgehead atoms. The molecular weight excluding hydrogens is 208 g/mol. The molecule has 1 unspecified atom stereocenters. The molecule has 1 aromatic carbocycles. The third-order valence-corrected chi connectivity index (χ3v) is 3.95. The van der Waals surface area contributed by atoms with Crippen LogP contribution in [0.3, 0.4) is 0 Å². The first-order chi connectivity index (χ1) is 8.21. The highest BCUT2D eigenvalue weighted by Gasteiger charge is 2.33. The van der Waals surface area contributed by atoms with E-state index in [1.54, 1.807) is 0 Å². The van der Waals surface area contributed by atoms with Crippen LogP contribution in [-0.4, -0.2) is 5.11 Å². The monoisotopic (exact) mass is 232 g/mol. The molecule has 1 N–H and O–H groups in total. The van der Waals surface area contributed by atoms with E-state index in [2.05, 4.69) is 32.9 Å². The standard InChI is InChI=1S/C16H24O/c1-4-11-9-12(5-2)15(13(6-3)10-11)16(17)14-7-8-14/h9-10,14,16-17H,4-8H2,1-3H3. The molecule has 1 aromatic rings. The minimum Gasteiger partial charge on any atom is -0.388 e. The molecule has 0 amide bonds. The summed E-state index contributed by atoms with van der Waals surface area (Å²) in [5, 5.41) is 10.4. The Morgan fingerprint density at radius 1 is 1.06 bits per heavy atom. The van der Waals surface area contributed by atoms with E-state index in [-0.39, 0.29) is 6.10 Å². The fourth-order valence-electron chi connectivity index (χ4n) is 2.67. The lowest BCUT2D eigenvalue weighted by atomic mass is 9.89. The van der Waals surface area contributed by atoms with Crippen LogP contribution in [0.4, 0.5) is 0 Å². The van der Waals surface area contributed by atoms with Crippen molar-refractivity contribution in [1.29, 1.82) is 0 Å². The highest BCUT2D eigenvalue weighted by Crippen LogP contribution is 2.43. The molecule has 17 heavy (non-hydrogen) atoms. The zero-order chi connectivity index (χ0) is 12.4. The van der Waals surface area contributed by atoms with Crippen molar-refractivity contribution in [1.82, 2.24) is 0 Å². The second-order valence-corrected chi connectivity index (χ2v) is 5.17. The number of hydrogen-bond donors (Lipinski definition) is 1. The van der Waals surface area contributed by atoms with Crippen LogP contribution in [0, 0.1) is 5.92 Å². The molecule has 0 saturated heterocycles. The molecule has 0 aliphatic heterocycles. The maximum absolute atomic E-state index is 10.4. The maximum atomic E-state index is 10.4. The summed E-state index contributed by atoms with van der Waals surface area (Å²) in [5.41, 5.74) is 5.38. The second-order valence-electron chi connectivity index (χ2n) is 5.17. The van der Waals surface area contributed by atoms with Gasteiger partial charge in [0.25, 0.3) is 0 Å². The third-order valence-electron chi connectivity index (χ3n) is 3.95. The summed E-state index contributed by atoms with van der Waals surface area (Å²) in [7, 11) is 0. The summed E-state index contributed by atoms with van der Waals surface area (Å²) in [5.74, 6) is 0.526. The van der Waals surface area contributed by atoms with Gasteiger partial charge in [-0.1, -0.05) is 32.9 Å². The van der Waals surface area contributed by atoms with Gasteiger partial charge in [0.1, 0.15) is 0 Å². The van der Waals surface area contributed by atoms with Crippen LogP contribution in [0.15, 0.2) is 12.1 Å². The van der Waals surface area contributed by atoms with Crippen molar-refractivity contribution in [2.24, 2.45) is 5.92 Å². The molecule has 1 heteroatoms. The van der Waals surface area contributed by atoms with Crippen molar-refractivity contribution in [3.05, 3.63) is 34.4 Å². The van der Waals surface area contributed by atoms with Gasteiger partial charge in [-0.15, -0.1) is 0 Å². The predicted molar refractivity (Wildman–Crippen MR) is 72.3 cm³/mol. The van der Waals surface area contributed by atoms with Gasteiger partial charge in [0.05, 0.1) is 6.10 Å². The molecule has 1 saturated carbocycles. The van der Waals surface area contributed by atoms with Gasteiger partial charge in [-0.3, -0.25) is 0 Å². The summed E-state index contributed by atoms with van der Waals surface area (Å²) in [6.45, 7) is 6.58. The molecule has 0 spiro atoms. The van der Waals surface area contributed by atoms with Crippen LogP contribution in [0.1, 0.15) is 62.0 Å². The lowest BCUT2D eigenvalue weighted by Gasteiger charge is -2.20. The van der Waals surface area contributed by atoms with Crippen molar-refractivity contribution < 1.29 is 5.11 Å². The lowest BCUT2D eigenvalue weighted by molar-refractivity contribution is 0.152. The Hall–Kier alpha value is -0.820. The Kier molecular flexibility index (Phi) is 3.88. The van der Waals surface area contributed by atoms with E-state index in [0.29, 0.717) is 5.92 Å². The zero-order valence-corrected chi connectivity index (χ0v) is 11.3. The summed E-state index contributed by atoms with van der Waals surface area (Å²) >= 11 is 0. The van der Waals surface area contributed by atoms with E-state index < -0.39 is 0 Å². The predicted octanol–water partition coefficient (Wildman–Crippen LogP) is 3.82. The van der Waals surface area contributed by atoms with Gasteiger partial charge < -0.3 is 5.11 Å². The molecule has 94 valence electrons. The molecule has 2 rings (SSSR count). The van der Waals surface area contributed by atoms with Crippen molar-refractivity contribution in [2.45, 2.75) is 59.0 Å². The van der Waals surface area contributed by atoms with Crippen LogP contribution < -0.4 is 0 Å². The van der Waals surface area contributed by atoms with Crippen molar-refractivity contribution >= 4 is 0 Å². The van der Waals surface area contributed by atoms with Crippen molar-refractivity contribution in [2.75, 3.05) is 0 Å². The second kappa shape index (κ2) is 5.22. The quantitative estimate of drug-likeness (QED) is 0.818. The van der Waals surface area contributed by atoms with Gasteiger partial charge in [0, 0.05) is 0 Å². The Morgan fingerprint density at radius 3 is 1.94 bits per heavy atom. The minimum atomic E-state index is -0.217. The van der Waals surface area contributed by atoms with E-state index in [4.69, 9.17) is 0 Å². The summed E-state index contributed by atoms with van der Waals surface area (Å²) < 4.78 is 0. The number of aryl methyl sites for hydroxylation is 3. The van der Waals surface area contributed by atoms with Crippen LogP contribution in [-0.2, 0) is 19.3 Å². The number of aliphatic hydroxyl groups is 1. The summed E-state index contributed by atoms with van der Waals surface area (Å²) in [6, 6.07) is 4.58.